The number of aryl methyl sites for hydroxylation is 1. The molecule has 108 valence electrons. The second kappa shape index (κ2) is 5.61. The molecule has 3 aromatic rings. The Morgan fingerprint density at radius 3 is 2.76 bits per heavy atom. The number of rotatable bonds is 4. The minimum atomic E-state index is -0.304. The van der Waals surface area contributed by atoms with Crippen LogP contribution in [0.4, 0.5) is 4.39 Å². The highest BCUT2D eigenvalue weighted by atomic mass is 19.1. The lowest BCUT2D eigenvalue weighted by Crippen LogP contribution is -2.02. The maximum absolute atomic E-state index is 13.9. The van der Waals surface area contributed by atoms with Gasteiger partial charge in [0.15, 0.2) is 11.6 Å². The molecule has 2 heterocycles. The zero-order chi connectivity index (χ0) is 14.8. The highest BCUT2D eigenvalue weighted by Gasteiger charge is 2.15. The maximum Gasteiger partial charge on any atom is 0.159 e. The van der Waals surface area contributed by atoms with Gasteiger partial charge in [0.1, 0.15) is 11.2 Å². The Morgan fingerprint density at radius 1 is 1.24 bits per heavy atom. The zero-order valence-corrected chi connectivity index (χ0v) is 11.9. The molecule has 0 saturated carbocycles. The summed E-state index contributed by atoms with van der Waals surface area (Å²) in [5, 5.41) is 0. The van der Waals surface area contributed by atoms with Gasteiger partial charge in [0.25, 0.3) is 0 Å². The van der Waals surface area contributed by atoms with E-state index in [0.29, 0.717) is 17.9 Å². The number of benzene rings is 1. The van der Waals surface area contributed by atoms with E-state index < -0.39 is 0 Å². The number of pyridine rings is 1. The van der Waals surface area contributed by atoms with Gasteiger partial charge < -0.3 is 10.3 Å². The molecule has 0 aliphatic rings. The van der Waals surface area contributed by atoms with Gasteiger partial charge in [-0.2, -0.15) is 0 Å². The summed E-state index contributed by atoms with van der Waals surface area (Å²) in [5.74, 6) is 0.391. The monoisotopic (exact) mass is 284 g/mol. The number of hydrogen-bond acceptors (Lipinski definition) is 3. The van der Waals surface area contributed by atoms with Crippen LogP contribution in [0.1, 0.15) is 18.9 Å². The van der Waals surface area contributed by atoms with Crippen LogP contribution >= 0.6 is 0 Å². The largest absolute Gasteiger partial charge is 0.326 e. The summed E-state index contributed by atoms with van der Waals surface area (Å²) in [4.78, 5) is 8.85. The van der Waals surface area contributed by atoms with Crippen molar-refractivity contribution < 1.29 is 4.39 Å². The van der Waals surface area contributed by atoms with E-state index in [-0.39, 0.29) is 5.82 Å². The third kappa shape index (κ3) is 2.40. The van der Waals surface area contributed by atoms with Crippen LogP contribution in [0.2, 0.25) is 0 Å². The molecule has 0 fully saturated rings. The summed E-state index contributed by atoms with van der Waals surface area (Å²) in [7, 11) is 0. The van der Waals surface area contributed by atoms with E-state index in [9.17, 15) is 4.39 Å². The first-order valence-electron chi connectivity index (χ1n) is 7.04. The summed E-state index contributed by atoms with van der Waals surface area (Å²) in [6.45, 7) is 3.31. The Hall–Kier alpha value is -2.27. The van der Waals surface area contributed by atoms with Crippen LogP contribution in [-0.4, -0.2) is 14.5 Å². The van der Waals surface area contributed by atoms with Crippen molar-refractivity contribution >= 4 is 11.0 Å². The third-order valence-corrected chi connectivity index (χ3v) is 3.47. The number of para-hydroxylation sites is 1. The summed E-state index contributed by atoms with van der Waals surface area (Å²) in [5.41, 5.74) is 8.48. The van der Waals surface area contributed by atoms with Crippen molar-refractivity contribution in [3.63, 3.8) is 0 Å². The van der Waals surface area contributed by atoms with E-state index in [0.717, 1.165) is 29.7 Å². The molecule has 4 nitrogen and oxygen atoms in total. The summed E-state index contributed by atoms with van der Waals surface area (Å²) < 4.78 is 16.0. The number of nitrogens with two attached hydrogens (primary N) is 1. The van der Waals surface area contributed by atoms with Gasteiger partial charge in [0.2, 0.25) is 0 Å². The first kappa shape index (κ1) is 13.7. The van der Waals surface area contributed by atoms with Gasteiger partial charge in [-0.25, -0.2) is 9.37 Å². The van der Waals surface area contributed by atoms with Crippen molar-refractivity contribution in [2.45, 2.75) is 26.4 Å². The normalized spacial score (nSPS) is 11.2. The Labute approximate surface area is 122 Å². The van der Waals surface area contributed by atoms with Gasteiger partial charge in [-0.3, -0.25) is 4.98 Å². The quantitative estimate of drug-likeness (QED) is 0.801. The molecule has 0 bridgehead atoms. The van der Waals surface area contributed by atoms with Gasteiger partial charge in [0, 0.05) is 19.3 Å². The molecule has 0 aliphatic carbocycles. The van der Waals surface area contributed by atoms with Crippen LogP contribution in [0.3, 0.4) is 0 Å². The van der Waals surface area contributed by atoms with Crippen molar-refractivity contribution in [2.24, 2.45) is 5.73 Å². The van der Waals surface area contributed by atoms with Crippen LogP contribution in [0.25, 0.3) is 22.6 Å². The molecule has 1 aromatic carbocycles. The topological polar surface area (TPSA) is 56.7 Å². The van der Waals surface area contributed by atoms with Gasteiger partial charge in [0.05, 0.1) is 5.52 Å². The number of hydrogen-bond donors (Lipinski definition) is 1. The SMILES string of the molecule is CCCn1c(-c2ccc(CN)cn2)nc2c(F)cccc21. The number of nitrogens with zero attached hydrogens (tertiary/aromatic N) is 3. The zero-order valence-electron chi connectivity index (χ0n) is 11.9. The molecule has 5 heteroatoms. The summed E-state index contributed by atoms with van der Waals surface area (Å²) in [6, 6.07) is 8.83. The van der Waals surface area contributed by atoms with Gasteiger partial charge in [-0.1, -0.05) is 19.1 Å². The predicted octanol–water partition coefficient (Wildman–Crippen LogP) is 3.11. The van der Waals surface area contributed by atoms with E-state index in [1.165, 1.54) is 6.07 Å². The number of halogens is 1. The summed E-state index contributed by atoms with van der Waals surface area (Å²) in [6.07, 6.45) is 2.68. The lowest BCUT2D eigenvalue weighted by Gasteiger charge is -2.07. The van der Waals surface area contributed by atoms with Crippen LogP contribution in [0.5, 0.6) is 0 Å². The fourth-order valence-corrected chi connectivity index (χ4v) is 2.44. The highest BCUT2D eigenvalue weighted by molar-refractivity contribution is 5.80. The smallest absolute Gasteiger partial charge is 0.159 e. The lowest BCUT2D eigenvalue weighted by molar-refractivity contribution is 0.637. The van der Waals surface area contributed by atoms with E-state index in [4.69, 9.17) is 5.73 Å². The van der Waals surface area contributed by atoms with Crippen LogP contribution in [0, 0.1) is 5.82 Å². The molecular weight excluding hydrogens is 267 g/mol. The minimum Gasteiger partial charge on any atom is -0.326 e. The van der Waals surface area contributed by atoms with E-state index in [1.807, 2.05) is 22.8 Å². The van der Waals surface area contributed by atoms with E-state index in [2.05, 4.69) is 16.9 Å². The third-order valence-electron chi connectivity index (χ3n) is 3.47. The van der Waals surface area contributed by atoms with E-state index >= 15 is 0 Å². The molecular formula is C16H17FN4. The van der Waals surface area contributed by atoms with Crippen molar-refractivity contribution in [2.75, 3.05) is 0 Å². The Kier molecular flexibility index (Phi) is 3.66. The maximum atomic E-state index is 13.9. The number of imidazole rings is 1. The first-order chi connectivity index (χ1) is 10.2. The second-order valence-corrected chi connectivity index (χ2v) is 4.95. The van der Waals surface area contributed by atoms with Gasteiger partial charge in [-0.15, -0.1) is 0 Å². The molecule has 0 unspecified atom stereocenters. The first-order valence-corrected chi connectivity index (χ1v) is 7.04. The van der Waals surface area contributed by atoms with Gasteiger partial charge in [-0.05, 0) is 30.2 Å². The molecule has 0 amide bonds. The van der Waals surface area contributed by atoms with Crippen molar-refractivity contribution in [3.05, 3.63) is 47.9 Å². The molecule has 2 N–H and O–H groups in total. The minimum absolute atomic E-state index is 0.304. The highest BCUT2D eigenvalue weighted by Crippen LogP contribution is 2.25. The van der Waals surface area contributed by atoms with Gasteiger partial charge >= 0.3 is 0 Å². The predicted molar refractivity (Wildman–Crippen MR) is 81.1 cm³/mol. The van der Waals surface area contributed by atoms with Crippen LogP contribution in [0.15, 0.2) is 36.5 Å². The Bertz CT molecular complexity index is 762. The fraction of sp³-hybridized carbons (Fsp3) is 0.250. The molecule has 2 aromatic heterocycles. The molecule has 0 saturated heterocycles. The molecule has 21 heavy (non-hydrogen) atoms. The van der Waals surface area contributed by atoms with E-state index in [1.54, 1.807) is 12.3 Å². The average molecular weight is 284 g/mol. The van der Waals surface area contributed by atoms with Crippen LogP contribution in [-0.2, 0) is 13.1 Å². The van der Waals surface area contributed by atoms with Crippen LogP contribution < -0.4 is 5.73 Å². The molecule has 3 rings (SSSR count). The van der Waals surface area contributed by atoms with Crippen molar-refractivity contribution in [1.29, 1.82) is 0 Å². The van der Waals surface area contributed by atoms with Crippen molar-refractivity contribution in [3.8, 4) is 11.5 Å². The molecule has 0 radical (unpaired) electrons. The number of fused-ring (bicyclic) bond motifs is 1. The average Bonchev–Trinajstić information content (AvgIpc) is 2.88. The molecule has 0 atom stereocenters. The molecule has 0 aliphatic heterocycles. The number of aromatic nitrogens is 3. The fourth-order valence-electron chi connectivity index (χ4n) is 2.44. The van der Waals surface area contributed by atoms with Crippen molar-refractivity contribution in [1.82, 2.24) is 14.5 Å². The molecule has 0 spiro atoms. The summed E-state index contributed by atoms with van der Waals surface area (Å²) >= 11 is 0. The second-order valence-electron chi connectivity index (χ2n) is 4.95. The lowest BCUT2D eigenvalue weighted by atomic mass is 10.2. The standard InChI is InChI=1S/C16H17FN4/c1-2-8-21-14-5-3-4-12(17)15(14)20-16(21)13-7-6-11(9-18)10-19-13/h3-7,10H,2,8-9,18H2,1H3. The Morgan fingerprint density at radius 2 is 2.10 bits per heavy atom. The Balaban J connectivity index is 2.20.